The Bertz CT molecular complexity index is 791. The highest BCUT2D eigenvalue weighted by molar-refractivity contribution is 5.97. The van der Waals surface area contributed by atoms with Crippen LogP contribution in [0.3, 0.4) is 0 Å². The molecule has 1 aromatic carbocycles. The van der Waals surface area contributed by atoms with Gasteiger partial charge >= 0.3 is 5.97 Å². The molecule has 0 radical (unpaired) electrons. The number of esters is 1. The molecule has 3 rings (SSSR count). The number of ether oxygens (including phenoxy) is 2. The predicted octanol–water partition coefficient (Wildman–Crippen LogP) is 1.94. The quantitative estimate of drug-likeness (QED) is 0.688. The molecular weight excluding hydrogens is 296 g/mol. The molecule has 0 spiro atoms. The van der Waals surface area contributed by atoms with E-state index in [1.165, 1.54) is 0 Å². The highest BCUT2D eigenvalue weighted by atomic mass is 16.5. The average Bonchev–Trinajstić information content (AvgIpc) is 3.03. The molecule has 1 atom stereocenters. The van der Waals surface area contributed by atoms with E-state index in [4.69, 9.17) is 15.2 Å². The van der Waals surface area contributed by atoms with E-state index in [2.05, 4.69) is 0 Å². The molecule has 0 amide bonds. The summed E-state index contributed by atoms with van der Waals surface area (Å²) in [4.78, 5) is 24.7. The molecule has 1 unspecified atom stereocenters. The number of aromatic nitrogens is 1. The number of benzene rings is 1. The van der Waals surface area contributed by atoms with Gasteiger partial charge in [-0.15, -0.1) is 0 Å². The summed E-state index contributed by atoms with van der Waals surface area (Å²) in [5, 5.41) is 0.357. The number of hydrogen-bond donors (Lipinski definition) is 1. The number of anilines is 1. The number of carbonyl (C=O) groups excluding carboxylic acids is 1. The van der Waals surface area contributed by atoms with Gasteiger partial charge in [0.25, 0.3) is 0 Å². The molecule has 0 aliphatic carbocycles. The number of pyridine rings is 1. The lowest BCUT2D eigenvalue weighted by atomic mass is 10.1. The molecule has 2 heterocycles. The SMILES string of the molecule is CCOC(=O)c1cn(CC2CCCO2)c2cccc(N)c2c1=O. The Hall–Kier alpha value is -2.34. The topological polar surface area (TPSA) is 83.6 Å². The third kappa shape index (κ3) is 2.94. The number of nitrogen functional groups attached to an aromatic ring is 1. The molecule has 1 fully saturated rings. The largest absolute Gasteiger partial charge is 0.462 e. The van der Waals surface area contributed by atoms with Crippen LogP contribution >= 0.6 is 0 Å². The number of rotatable bonds is 4. The van der Waals surface area contributed by atoms with Gasteiger partial charge in [0.15, 0.2) is 0 Å². The number of nitrogens with zero attached hydrogens (tertiary/aromatic N) is 1. The first-order chi connectivity index (χ1) is 11.1. The van der Waals surface area contributed by atoms with Crippen LogP contribution in [0.1, 0.15) is 30.1 Å². The predicted molar refractivity (Wildman–Crippen MR) is 87.6 cm³/mol. The molecule has 2 N–H and O–H groups in total. The molecule has 2 aromatic rings. The molecule has 6 nitrogen and oxygen atoms in total. The van der Waals surface area contributed by atoms with Crippen molar-refractivity contribution in [2.24, 2.45) is 0 Å². The summed E-state index contributed by atoms with van der Waals surface area (Å²) in [6, 6.07) is 5.29. The van der Waals surface area contributed by atoms with Gasteiger partial charge < -0.3 is 19.8 Å². The van der Waals surface area contributed by atoms with Crippen LogP contribution in [0.25, 0.3) is 10.9 Å². The Morgan fingerprint density at radius 3 is 3.00 bits per heavy atom. The van der Waals surface area contributed by atoms with Gasteiger partial charge in [0.2, 0.25) is 5.43 Å². The summed E-state index contributed by atoms with van der Waals surface area (Å²) < 4.78 is 12.5. The monoisotopic (exact) mass is 316 g/mol. The first-order valence-corrected chi connectivity index (χ1v) is 7.82. The van der Waals surface area contributed by atoms with Crippen LogP contribution < -0.4 is 11.2 Å². The molecule has 6 heteroatoms. The average molecular weight is 316 g/mol. The van der Waals surface area contributed by atoms with Crippen molar-refractivity contribution in [3.8, 4) is 0 Å². The second-order valence-electron chi connectivity index (χ2n) is 5.62. The molecule has 0 saturated carbocycles. The van der Waals surface area contributed by atoms with Gasteiger partial charge in [-0.25, -0.2) is 4.79 Å². The van der Waals surface area contributed by atoms with Crippen LogP contribution in [-0.4, -0.2) is 29.9 Å². The van der Waals surface area contributed by atoms with E-state index in [0.29, 0.717) is 23.1 Å². The Balaban J connectivity index is 2.16. The summed E-state index contributed by atoms with van der Waals surface area (Å²) in [7, 11) is 0. The zero-order valence-electron chi connectivity index (χ0n) is 13.1. The lowest BCUT2D eigenvalue weighted by Crippen LogP contribution is -2.24. The zero-order chi connectivity index (χ0) is 16.4. The smallest absolute Gasteiger partial charge is 0.343 e. The summed E-state index contributed by atoms with van der Waals surface area (Å²) in [6.07, 6.45) is 3.63. The van der Waals surface area contributed by atoms with Crippen molar-refractivity contribution in [2.45, 2.75) is 32.4 Å². The van der Waals surface area contributed by atoms with Crippen molar-refractivity contribution in [3.63, 3.8) is 0 Å². The van der Waals surface area contributed by atoms with E-state index >= 15 is 0 Å². The van der Waals surface area contributed by atoms with E-state index in [9.17, 15) is 9.59 Å². The third-order valence-corrected chi connectivity index (χ3v) is 4.06. The fourth-order valence-corrected chi connectivity index (χ4v) is 2.98. The first-order valence-electron chi connectivity index (χ1n) is 7.82. The Morgan fingerprint density at radius 2 is 2.30 bits per heavy atom. The van der Waals surface area contributed by atoms with Gasteiger partial charge in [-0.3, -0.25) is 4.79 Å². The molecule has 1 aliphatic rings. The molecule has 23 heavy (non-hydrogen) atoms. The molecule has 1 aromatic heterocycles. The van der Waals surface area contributed by atoms with Crippen LogP contribution in [0, 0.1) is 0 Å². The highest BCUT2D eigenvalue weighted by Crippen LogP contribution is 2.21. The number of hydrogen-bond acceptors (Lipinski definition) is 5. The van der Waals surface area contributed by atoms with Crippen LogP contribution in [-0.2, 0) is 16.0 Å². The van der Waals surface area contributed by atoms with Crippen molar-refractivity contribution >= 4 is 22.6 Å². The van der Waals surface area contributed by atoms with Crippen LogP contribution in [0.15, 0.2) is 29.2 Å². The van der Waals surface area contributed by atoms with Gasteiger partial charge in [-0.1, -0.05) is 6.07 Å². The fraction of sp³-hybridized carbons (Fsp3) is 0.412. The summed E-state index contributed by atoms with van der Waals surface area (Å²) in [5.41, 5.74) is 6.67. The first kappa shape index (κ1) is 15.6. The summed E-state index contributed by atoms with van der Waals surface area (Å²) in [5.74, 6) is -0.622. The highest BCUT2D eigenvalue weighted by Gasteiger charge is 2.21. The van der Waals surface area contributed by atoms with Crippen molar-refractivity contribution in [3.05, 3.63) is 40.2 Å². The van der Waals surface area contributed by atoms with Crippen LogP contribution in [0.5, 0.6) is 0 Å². The molecule has 1 saturated heterocycles. The second-order valence-corrected chi connectivity index (χ2v) is 5.62. The second kappa shape index (κ2) is 6.42. The normalized spacial score (nSPS) is 17.5. The van der Waals surface area contributed by atoms with Crippen molar-refractivity contribution in [1.29, 1.82) is 0 Å². The van der Waals surface area contributed by atoms with E-state index in [1.807, 2.05) is 10.6 Å². The zero-order valence-corrected chi connectivity index (χ0v) is 13.1. The van der Waals surface area contributed by atoms with E-state index in [-0.39, 0.29) is 23.7 Å². The standard InChI is InChI=1S/C17H20N2O4/c1-2-22-17(21)12-10-19(9-11-5-4-8-23-11)14-7-3-6-13(18)15(14)16(12)20/h3,6-7,10-11H,2,4-5,8-9,18H2,1H3. The molecular formula is C17H20N2O4. The van der Waals surface area contributed by atoms with E-state index in [0.717, 1.165) is 19.4 Å². The Labute approximate surface area is 133 Å². The van der Waals surface area contributed by atoms with Gasteiger partial charge in [0.1, 0.15) is 5.56 Å². The number of fused-ring (bicyclic) bond motifs is 1. The third-order valence-electron chi connectivity index (χ3n) is 4.06. The number of nitrogens with two attached hydrogens (primary N) is 1. The van der Waals surface area contributed by atoms with Crippen LogP contribution in [0.2, 0.25) is 0 Å². The maximum absolute atomic E-state index is 12.6. The van der Waals surface area contributed by atoms with E-state index < -0.39 is 5.97 Å². The van der Waals surface area contributed by atoms with Crippen molar-refractivity contribution in [1.82, 2.24) is 4.57 Å². The van der Waals surface area contributed by atoms with Crippen molar-refractivity contribution in [2.75, 3.05) is 18.9 Å². The fourth-order valence-electron chi connectivity index (χ4n) is 2.98. The summed E-state index contributed by atoms with van der Waals surface area (Å²) >= 11 is 0. The minimum absolute atomic E-state index is 0.00949. The maximum atomic E-state index is 12.6. The Morgan fingerprint density at radius 1 is 1.48 bits per heavy atom. The minimum Gasteiger partial charge on any atom is -0.462 e. The van der Waals surface area contributed by atoms with E-state index in [1.54, 1.807) is 25.3 Å². The lowest BCUT2D eigenvalue weighted by molar-refractivity contribution is 0.0523. The Kier molecular flexibility index (Phi) is 4.34. The number of carbonyl (C=O) groups is 1. The molecule has 0 bridgehead atoms. The van der Waals surface area contributed by atoms with Crippen molar-refractivity contribution < 1.29 is 14.3 Å². The van der Waals surface area contributed by atoms with Crippen LogP contribution in [0.4, 0.5) is 5.69 Å². The molecule has 122 valence electrons. The maximum Gasteiger partial charge on any atom is 0.343 e. The minimum atomic E-state index is -0.622. The molecule has 1 aliphatic heterocycles. The summed E-state index contributed by atoms with van der Waals surface area (Å²) in [6.45, 7) is 3.24. The lowest BCUT2D eigenvalue weighted by Gasteiger charge is -2.17. The van der Waals surface area contributed by atoms with Gasteiger partial charge in [0.05, 0.1) is 23.6 Å². The van der Waals surface area contributed by atoms with Gasteiger partial charge in [-0.2, -0.15) is 0 Å². The van der Waals surface area contributed by atoms with Gasteiger partial charge in [0, 0.05) is 25.0 Å². The van der Waals surface area contributed by atoms with Gasteiger partial charge in [-0.05, 0) is 31.9 Å².